The summed E-state index contributed by atoms with van der Waals surface area (Å²) in [7, 11) is 0. The van der Waals surface area contributed by atoms with Crippen LogP contribution in [0.5, 0.6) is 0 Å². The molecule has 0 amide bonds. The lowest BCUT2D eigenvalue weighted by molar-refractivity contribution is -0.165. The lowest BCUT2D eigenvalue weighted by Gasteiger charge is -2.21. The molecule has 0 unspecified atom stereocenters. The van der Waals surface area contributed by atoms with E-state index in [0.717, 1.165) is 43.6 Å². The monoisotopic (exact) mass is 513 g/mol. The normalized spacial score (nSPS) is 14.3. The predicted molar refractivity (Wildman–Crippen MR) is 133 cm³/mol. The third-order valence-corrected chi connectivity index (χ3v) is 5.51. The Balaban J connectivity index is 0.000000410. The molecule has 0 saturated carbocycles. The van der Waals surface area contributed by atoms with Gasteiger partial charge in [-0.1, -0.05) is 24.3 Å². The van der Waals surface area contributed by atoms with Crippen LogP contribution in [-0.2, 0) is 27.2 Å². The average molecular weight is 514 g/mol. The van der Waals surface area contributed by atoms with E-state index < -0.39 is 24.1 Å². The van der Waals surface area contributed by atoms with Gasteiger partial charge < -0.3 is 35.8 Å². The molecular weight excluding hydrogens is 482 g/mol. The Bertz CT molecular complexity index is 1110. The lowest BCUT2D eigenvalue weighted by atomic mass is 9.99. The molecule has 0 bridgehead atoms. The first-order valence-electron chi connectivity index (χ1n) is 11.7. The van der Waals surface area contributed by atoms with E-state index in [4.69, 9.17) is 30.9 Å². The van der Waals surface area contributed by atoms with Gasteiger partial charge in [0.05, 0.1) is 23.4 Å². The number of aliphatic hydroxyl groups is 2. The number of esters is 1. The molecule has 11 heteroatoms. The Morgan fingerprint density at radius 2 is 1.73 bits per heavy atom. The van der Waals surface area contributed by atoms with Crippen molar-refractivity contribution in [2.45, 2.75) is 44.4 Å². The summed E-state index contributed by atoms with van der Waals surface area (Å²) >= 11 is 0. The maximum atomic E-state index is 12.0. The van der Waals surface area contributed by atoms with E-state index in [2.05, 4.69) is 17.0 Å². The number of aliphatic hydroxyl groups excluding tert-OH is 2. The highest BCUT2D eigenvalue weighted by Crippen LogP contribution is 2.33. The Kier molecular flexibility index (Phi) is 11.0. The zero-order chi connectivity index (χ0) is 27.5. The maximum Gasteiger partial charge on any atom is 0.338 e. The van der Waals surface area contributed by atoms with Crippen LogP contribution in [0.15, 0.2) is 42.5 Å². The number of anilines is 1. The fourth-order valence-corrected chi connectivity index (χ4v) is 3.84. The first kappa shape index (κ1) is 29.3. The first-order valence-corrected chi connectivity index (χ1v) is 11.7. The smallest absolute Gasteiger partial charge is 0.338 e. The number of rotatable bonds is 10. The van der Waals surface area contributed by atoms with Crippen molar-refractivity contribution in [1.82, 2.24) is 0 Å². The zero-order valence-electron chi connectivity index (χ0n) is 20.4. The quantitative estimate of drug-likeness (QED) is 0.224. The number of carbonyl (C=O) groups is 3. The van der Waals surface area contributed by atoms with E-state index in [-0.39, 0.29) is 12.0 Å². The predicted octanol–water partition coefficient (Wildman–Crippen LogP) is 0.935. The van der Waals surface area contributed by atoms with Gasteiger partial charge in [-0.15, -0.1) is 0 Å². The number of fused-ring (bicyclic) bond motifs is 1. The number of hydrogen-bond acceptors (Lipinski definition) is 9. The Labute approximate surface area is 214 Å². The van der Waals surface area contributed by atoms with Crippen molar-refractivity contribution in [3.8, 4) is 6.07 Å². The summed E-state index contributed by atoms with van der Waals surface area (Å²) in [6, 6.07) is 15.5. The maximum absolute atomic E-state index is 12.0. The number of ether oxygens (including phenoxy) is 1. The Morgan fingerprint density at radius 1 is 1.11 bits per heavy atom. The summed E-state index contributed by atoms with van der Waals surface area (Å²) in [4.78, 5) is 33.7. The van der Waals surface area contributed by atoms with Gasteiger partial charge in [0.15, 0.2) is 12.2 Å². The minimum absolute atomic E-state index is 0.0754. The van der Waals surface area contributed by atoms with Gasteiger partial charge in [0.25, 0.3) is 0 Å². The second-order valence-corrected chi connectivity index (χ2v) is 8.60. The van der Waals surface area contributed by atoms with Gasteiger partial charge in [0.2, 0.25) is 0 Å². The molecule has 0 aromatic heterocycles. The van der Waals surface area contributed by atoms with Crippen LogP contribution < -0.4 is 10.6 Å². The van der Waals surface area contributed by atoms with Crippen molar-refractivity contribution in [1.29, 1.82) is 5.26 Å². The van der Waals surface area contributed by atoms with Crippen molar-refractivity contribution in [3.63, 3.8) is 0 Å². The minimum atomic E-state index is -2.27. The van der Waals surface area contributed by atoms with E-state index in [9.17, 15) is 19.6 Å². The van der Waals surface area contributed by atoms with Gasteiger partial charge in [-0.2, -0.15) is 5.26 Å². The number of benzene rings is 2. The van der Waals surface area contributed by atoms with Gasteiger partial charge >= 0.3 is 17.9 Å². The summed E-state index contributed by atoms with van der Waals surface area (Å²) in [5, 5.41) is 42.1. The molecule has 11 nitrogen and oxygen atoms in total. The standard InChI is InChI=1S/C22H25N3O2.C4H6O6/c1-16(24)12-17-13-19-8-10-25(21(19)20(14-17)15-23)9-5-11-27-22(26)18-6-3-2-4-7-18;5-1(3(7)8)2(6)4(9)10/h2-4,6-7,13-14,16H,5,8-12,24H2,1H3;1-2,5-6H,(H,7,8)(H,9,10)/t16-;1-,2-/m00/s1. The van der Waals surface area contributed by atoms with E-state index in [1.807, 2.05) is 31.2 Å². The second kappa shape index (κ2) is 13.9. The molecule has 0 fully saturated rings. The number of carboxylic acid groups (broad SMARTS) is 2. The zero-order valence-corrected chi connectivity index (χ0v) is 20.4. The molecule has 1 aliphatic heterocycles. The van der Waals surface area contributed by atoms with Gasteiger partial charge in [0, 0.05) is 19.1 Å². The lowest BCUT2D eigenvalue weighted by Crippen LogP contribution is -2.39. The Hall–Kier alpha value is -3.98. The van der Waals surface area contributed by atoms with Crippen molar-refractivity contribution < 1.29 is 39.5 Å². The molecule has 0 spiro atoms. The highest BCUT2D eigenvalue weighted by atomic mass is 16.5. The van der Waals surface area contributed by atoms with Crippen molar-refractivity contribution >= 4 is 23.6 Å². The fourth-order valence-electron chi connectivity index (χ4n) is 3.84. The van der Waals surface area contributed by atoms with E-state index in [1.165, 1.54) is 5.56 Å². The number of nitrogens with zero attached hydrogens (tertiary/aromatic N) is 2. The van der Waals surface area contributed by atoms with Crippen molar-refractivity contribution in [3.05, 3.63) is 64.7 Å². The summed E-state index contributed by atoms with van der Waals surface area (Å²) in [6.45, 7) is 3.99. The number of carboxylic acids is 2. The van der Waals surface area contributed by atoms with Gasteiger partial charge in [-0.3, -0.25) is 0 Å². The first-order chi connectivity index (χ1) is 17.5. The summed E-state index contributed by atoms with van der Waals surface area (Å²) < 4.78 is 5.35. The summed E-state index contributed by atoms with van der Waals surface area (Å²) in [5.41, 5.74) is 10.5. The molecule has 0 radical (unpaired) electrons. The molecule has 3 rings (SSSR count). The van der Waals surface area contributed by atoms with E-state index in [0.29, 0.717) is 17.7 Å². The number of nitrogens with two attached hydrogens (primary N) is 1. The molecule has 2 aromatic rings. The van der Waals surface area contributed by atoms with Crippen LogP contribution in [0.25, 0.3) is 0 Å². The van der Waals surface area contributed by atoms with Crippen molar-refractivity contribution in [2.24, 2.45) is 5.73 Å². The molecule has 0 saturated heterocycles. The van der Waals surface area contributed by atoms with Crippen LogP contribution >= 0.6 is 0 Å². The fraction of sp³-hybridized carbons (Fsp3) is 0.385. The van der Waals surface area contributed by atoms with Crippen LogP contribution in [0.3, 0.4) is 0 Å². The molecule has 1 aliphatic rings. The van der Waals surface area contributed by atoms with Gasteiger partial charge in [-0.05, 0) is 55.5 Å². The van der Waals surface area contributed by atoms with Crippen LogP contribution in [0.1, 0.15) is 40.4 Å². The number of hydrogen-bond donors (Lipinski definition) is 5. The highest BCUT2D eigenvalue weighted by Gasteiger charge is 2.29. The Morgan fingerprint density at radius 3 is 2.27 bits per heavy atom. The van der Waals surface area contributed by atoms with E-state index >= 15 is 0 Å². The molecule has 37 heavy (non-hydrogen) atoms. The number of carbonyl (C=O) groups excluding carboxylic acids is 1. The molecule has 6 N–H and O–H groups in total. The highest BCUT2D eigenvalue weighted by molar-refractivity contribution is 5.89. The van der Waals surface area contributed by atoms with Crippen molar-refractivity contribution in [2.75, 3.05) is 24.6 Å². The third kappa shape index (κ3) is 8.57. The molecular formula is C26H31N3O8. The largest absolute Gasteiger partial charge is 0.479 e. The SMILES string of the molecule is C[C@H](N)Cc1cc(C#N)c2c(c1)CCN2CCCOC(=O)c1ccccc1.O=C(O)[C@@H](O)[C@H](O)C(=O)O. The number of aliphatic carboxylic acids is 2. The van der Waals surface area contributed by atoms with Gasteiger partial charge in [0.1, 0.15) is 6.07 Å². The molecule has 198 valence electrons. The summed E-state index contributed by atoms with van der Waals surface area (Å²) in [6.07, 6.45) is -2.10. The molecule has 0 aliphatic carbocycles. The van der Waals surface area contributed by atoms with Crippen LogP contribution in [0.4, 0.5) is 5.69 Å². The number of nitriles is 1. The molecule has 2 aromatic carbocycles. The summed E-state index contributed by atoms with van der Waals surface area (Å²) in [5.74, 6) is -3.83. The molecule has 3 atom stereocenters. The topological polar surface area (TPSA) is 194 Å². The third-order valence-electron chi connectivity index (χ3n) is 5.51. The minimum Gasteiger partial charge on any atom is -0.479 e. The second-order valence-electron chi connectivity index (χ2n) is 8.60. The van der Waals surface area contributed by atoms with Crippen LogP contribution in [0, 0.1) is 11.3 Å². The average Bonchev–Trinajstić information content (AvgIpc) is 3.28. The van der Waals surface area contributed by atoms with Crippen LogP contribution in [-0.4, -0.2) is 76.3 Å². The molecule has 1 heterocycles. The van der Waals surface area contributed by atoms with Crippen LogP contribution in [0.2, 0.25) is 0 Å². The van der Waals surface area contributed by atoms with Gasteiger partial charge in [-0.25, -0.2) is 14.4 Å². The van der Waals surface area contributed by atoms with E-state index in [1.54, 1.807) is 12.1 Å².